The molecule has 0 aliphatic carbocycles. The molecule has 2 heteroatoms. The molecule has 0 spiro atoms. The van der Waals surface area contributed by atoms with E-state index in [4.69, 9.17) is 0 Å². The molecule has 2 unspecified atom stereocenters. The van der Waals surface area contributed by atoms with Crippen LogP contribution in [0.4, 0.5) is 5.69 Å². The van der Waals surface area contributed by atoms with Gasteiger partial charge in [-0.25, -0.2) is 0 Å². The lowest BCUT2D eigenvalue weighted by Crippen LogP contribution is -2.23. The zero-order valence-electron chi connectivity index (χ0n) is 8.99. The van der Waals surface area contributed by atoms with Crippen molar-refractivity contribution < 1.29 is 0 Å². The Bertz CT molecular complexity index is 471. The van der Waals surface area contributed by atoms with Crippen LogP contribution in [0.25, 0.3) is 0 Å². The molecule has 0 aromatic heterocycles. The highest BCUT2D eigenvalue weighted by Crippen LogP contribution is 2.42. The fourth-order valence-corrected chi connectivity index (χ4v) is 2.59. The minimum Gasteiger partial charge on any atom is -0.363 e. The van der Waals surface area contributed by atoms with Crippen LogP contribution in [0.2, 0.25) is 0 Å². The van der Waals surface area contributed by atoms with Gasteiger partial charge >= 0.3 is 0 Å². The van der Waals surface area contributed by atoms with Crippen molar-refractivity contribution in [3.8, 4) is 0 Å². The third-order valence-corrected chi connectivity index (χ3v) is 3.18. The molecule has 0 saturated carbocycles. The predicted molar refractivity (Wildman–Crippen MR) is 63.5 cm³/mol. The van der Waals surface area contributed by atoms with Crippen LogP contribution in [0.5, 0.6) is 0 Å². The Hall–Kier alpha value is -1.57. The minimum absolute atomic E-state index is 0.215. The van der Waals surface area contributed by atoms with Crippen LogP contribution in [0.3, 0.4) is 0 Å². The number of hydrogen-bond donors (Lipinski definition) is 1. The van der Waals surface area contributed by atoms with Crippen molar-refractivity contribution >= 4 is 11.4 Å². The first kappa shape index (κ1) is 8.72. The van der Waals surface area contributed by atoms with Gasteiger partial charge in [-0.05, 0) is 31.6 Å². The summed E-state index contributed by atoms with van der Waals surface area (Å²) in [5.41, 5.74) is 5.14. The minimum atomic E-state index is 0.215. The fourth-order valence-electron chi connectivity index (χ4n) is 2.59. The Labute approximate surface area is 89.7 Å². The van der Waals surface area contributed by atoms with E-state index < -0.39 is 0 Å². The van der Waals surface area contributed by atoms with Gasteiger partial charge in [0.1, 0.15) is 6.17 Å². The SMILES string of the molecule is CC1=CC(C)=NC2Nc3ccccc3C12. The molecule has 1 aromatic rings. The second-order valence-electron chi connectivity index (χ2n) is 4.31. The first-order chi connectivity index (χ1) is 7.25. The average Bonchev–Trinajstić information content (AvgIpc) is 2.54. The molecule has 2 atom stereocenters. The molecule has 0 fully saturated rings. The van der Waals surface area contributed by atoms with E-state index in [1.54, 1.807) is 0 Å². The number of nitrogens with one attached hydrogen (secondary N) is 1. The largest absolute Gasteiger partial charge is 0.363 e. The van der Waals surface area contributed by atoms with Gasteiger partial charge in [0.25, 0.3) is 0 Å². The van der Waals surface area contributed by atoms with Crippen LogP contribution in [0.15, 0.2) is 40.9 Å². The monoisotopic (exact) mass is 198 g/mol. The standard InChI is InChI=1S/C13H14N2/c1-8-7-9(2)14-13-12(8)10-5-3-4-6-11(10)15-13/h3-7,12-13,15H,1-2H3. The molecular formula is C13H14N2. The molecule has 1 N–H and O–H groups in total. The normalized spacial score (nSPS) is 27.3. The maximum absolute atomic E-state index is 4.64. The van der Waals surface area contributed by atoms with Crippen molar-refractivity contribution in [2.75, 3.05) is 5.32 Å². The van der Waals surface area contributed by atoms with Gasteiger partial charge in [0.15, 0.2) is 0 Å². The predicted octanol–water partition coefficient (Wildman–Crippen LogP) is 2.94. The summed E-state index contributed by atoms with van der Waals surface area (Å²) >= 11 is 0. The van der Waals surface area contributed by atoms with Crippen molar-refractivity contribution in [1.82, 2.24) is 0 Å². The maximum Gasteiger partial charge on any atom is 0.129 e. The number of para-hydroxylation sites is 1. The molecule has 0 radical (unpaired) electrons. The topological polar surface area (TPSA) is 24.4 Å². The van der Waals surface area contributed by atoms with E-state index in [1.807, 2.05) is 0 Å². The van der Waals surface area contributed by atoms with Gasteiger partial charge in [0.2, 0.25) is 0 Å². The summed E-state index contributed by atoms with van der Waals surface area (Å²) in [6.45, 7) is 4.25. The van der Waals surface area contributed by atoms with Gasteiger partial charge in [-0.3, -0.25) is 4.99 Å². The van der Waals surface area contributed by atoms with E-state index in [1.165, 1.54) is 16.8 Å². The summed E-state index contributed by atoms with van der Waals surface area (Å²) in [6, 6.07) is 8.49. The van der Waals surface area contributed by atoms with Crippen molar-refractivity contribution in [3.63, 3.8) is 0 Å². The van der Waals surface area contributed by atoms with E-state index in [9.17, 15) is 0 Å². The molecule has 1 aromatic carbocycles. The van der Waals surface area contributed by atoms with Crippen molar-refractivity contribution in [2.24, 2.45) is 4.99 Å². The molecule has 2 aliphatic heterocycles. The summed E-state index contributed by atoms with van der Waals surface area (Å²) in [4.78, 5) is 4.64. The van der Waals surface area contributed by atoms with Gasteiger partial charge in [0, 0.05) is 17.3 Å². The van der Waals surface area contributed by atoms with Crippen molar-refractivity contribution in [1.29, 1.82) is 0 Å². The average molecular weight is 198 g/mol. The number of hydrogen-bond acceptors (Lipinski definition) is 2. The maximum atomic E-state index is 4.64. The molecule has 0 amide bonds. The Balaban J connectivity index is 2.12. The summed E-state index contributed by atoms with van der Waals surface area (Å²) in [7, 11) is 0. The second-order valence-corrected chi connectivity index (χ2v) is 4.31. The molecule has 0 saturated heterocycles. The summed E-state index contributed by atoms with van der Waals surface area (Å²) in [6.07, 6.45) is 2.40. The Morgan fingerprint density at radius 1 is 1.20 bits per heavy atom. The summed E-state index contributed by atoms with van der Waals surface area (Å²) in [5.74, 6) is 0.435. The number of fused-ring (bicyclic) bond motifs is 3. The molecule has 3 rings (SSSR count). The number of dihydropyridines is 1. The third kappa shape index (κ3) is 1.21. The highest BCUT2D eigenvalue weighted by molar-refractivity contribution is 5.95. The van der Waals surface area contributed by atoms with E-state index in [0.29, 0.717) is 5.92 Å². The quantitative estimate of drug-likeness (QED) is 0.681. The van der Waals surface area contributed by atoms with E-state index in [-0.39, 0.29) is 6.17 Å². The number of aliphatic imine (C=N–C) groups is 1. The van der Waals surface area contributed by atoms with Crippen LogP contribution < -0.4 is 5.32 Å². The Morgan fingerprint density at radius 2 is 2.00 bits per heavy atom. The number of allylic oxidation sites excluding steroid dienone is 1. The molecular weight excluding hydrogens is 184 g/mol. The first-order valence-corrected chi connectivity index (χ1v) is 5.34. The third-order valence-electron chi connectivity index (χ3n) is 3.18. The zero-order chi connectivity index (χ0) is 10.4. The fraction of sp³-hybridized carbons (Fsp3) is 0.308. The van der Waals surface area contributed by atoms with Crippen LogP contribution in [-0.2, 0) is 0 Å². The van der Waals surface area contributed by atoms with Crippen LogP contribution in [-0.4, -0.2) is 11.9 Å². The lowest BCUT2D eigenvalue weighted by Gasteiger charge is -2.22. The second kappa shape index (κ2) is 2.96. The van der Waals surface area contributed by atoms with E-state index >= 15 is 0 Å². The number of benzene rings is 1. The van der Waals surface area contributed by atoms with Crippen LogP contribution in [0, 0.1) is 0 Å². The van der Waals surface area contributed by atoms with Gasteiger partial charge in [-0.1, -0.05) is 23.8 Å². The van der Waals surface area contributed by atoms with Crippen molar-refractivity contribution in [3.05, 3.63) is 41.5 Å². The Morgan fingerprint density at radius 3 is 2.87 bits per heavy atom. The van der Waals surface area contributed by atoms with E-state index in [0.717, 1.165) is 5.71 Å². The summed E-state index contributed by atoms with van der Waals surface area (Å²) in [5, 5.41) is 3.47. The molecule has 76 valence electrons. The van der Waals surface area contributed by atoms with Crippen LogP contribution in [0.1, 0.15) is 25.3 Å². The van der Waals surface area contributed by atoms with Gasteiger partial charge < -0.3 is 5.32 Å². The molecule has 0 bridgehead atoms. The van der Waals surface area contributed by atoms with Crippen molar-refractivity contribution in [2.45, 2.75) is 25.9 Å². The number of nitrogens with zero attached hydrogens (tertiary/aromatic N) is 1. The van der Waals surface area contributed by atoms with Gasteiger partial charge in [-0.2, -0.15) is 0 Å². The highest BCUT2D eigenvalue weighted by atomic mass is 15.1. The molecule has 15 heavy (non-hydrogen) atoms. The number of rotatable bonds is 0. The smallest absolute Gasteiger partial charge is 0.129 e. The highest BCUT2D eigenvalue weighted by Gasteiger charge is 2.34. The molecule has 2 aliphatic rings. The summed E-state index contributed by atoms with van der Waals surface area (Å²) < 4.78 is 0. The Kier molecular flexibility index (Phi) is 1.72. The van der Waals surface area contributed by atoms with Gasteiger partial charge in [-0.15, -0.1) is 0 Å². The molecule has 2 nitrogen and oxygen atoms in total. The first-order valence-electron chi connectivity index (χ1n) is 5.34. The van der Waals surface area contributed by atoms with Gasteiger partial charge in [0.05, 0.1) is 0 Å². The lowest BCUT2D eigenvalue weighted by molar-refractivity contribution is 0.678. The lowest BCUT2D eigenvalue weighted by atomic mass is 9.89. The number of anilines is 1. The van der Waals surface area contributed by atoms with Crippen LogP contribution >= 0.6 is 0 Å². The molecule has 2 heterocycles. The zero-order valence-corrected chi connectivity index (χ0v) is 8.99. The van der Waals surface area contributed by atoms with E-state index in [2.05, 4.69) is 54.5 Å².